The van der Waals surface area contributed by atoms with Crippen molar-refractivity contribution in [3.8, 4) is 0 Å². The minimum Gasteiger partial charge on any atom is -0.373 e. The molecule has 2 fully saturated rings. The van der Waals surface area contributed by atoms with E-state index in [4.69, 9.17) is 4.74 Å². The summed E-state index contributed by atoms with van der Waals surface area (Å²) in [6.45, 7) is 3.63. The summed E-state index contributed by atoms with van der Waals surface area (Å²) >= 11 is 0. The molecule has 1 atom stereocenters. The third-order valence-corrected chi connectivity index (χ3v) is 3.67. The zero-order valence-electron chi connectivity index (χ0n) is 10.7. The SMILES string of the molecule is CC1(CNc2cc(=O)[nH]c(C3CC3)n2)CCCO1. The number of nitrogens with one attached hydrogen (secondary N) is 2. The average molecular weight is 249 g/mol. The molecule has 0 spiro atoms. The first-order valence-electron chi connectivity index (χ1n) is 6.64. The van der Waals surface area contributed by atoms with Gasteiger partial charge < -0.3 is 15.0 Å². The third-order valence-electron chi connectivity index (χ3n) is 3.67. The Morgan fingerprint density at radius 3 is 3.11 bits per heavy atom. The molecule has 5 heteroatoms. The molecular formula is C13H19N3O2. The van der Waals surface area contributed by atoms with Crippen molar-refractivity contribution in [1.29, 1.82) is 0 Å². The largest absolute Gasteiger partial charge is 0.373 e. The van der Waals surface area contributed by atoms with Crippen LogP contribution in [0.5, 0.6) is 0 Å². The number of aromatic nitrogens is 2. The lowest BCUT2D eigenvalue weighted by Crippen LogP contribution is -2.33. The van der Waals surface area contributed by atoms with Crippen molar-refractivity contribution >= 4 is 5.82 Å². The van der Waals surface area contributed by atoms with Crippen LogP contribution in [-0.2, 0) is 4.74 Å². The monoisotopic (exact) mass is 249 g/mol. The van der Waals surface area contributed by atoms with E-state index in [1.54, 1.807) is 0 Å². The predicted octanol–water partition coefficient (Wildman–Crippen LogP) is 1.63. The van der Waals surface area contributed by atoms with E-state index in [-0.39, 0.29) is 11.2 Å². The Labute approximate surface area is 106 Å². The van der Waals surface area contributed by atoms with Crippen molar-refractivity contribution in [1.82, 2.24) is 9.97 Å². The van der Waals surface area contributed by atoms with Gasteiger partial charge in [0.15, 0.2) is 0 Å². The Morgan fingerprint density at radius 2 is 2.44 bits per heavy atom. The maximum atomic E-state index is 11.6. The fourth-order valence-corrected chi connectivity index (χ4v) is 2.37. The molecule has 2 heterocycles. The summed E-state index contributed by atoms with van der Waals surface area (Å²) in [4.78, 5) is 18.8. The van der Waals surface area contributed by atoms with Gasteiger partial charge in [-0.1, -0.05) is 0 Å². The van der Waals surface area contributed by atoms with Crippen LogP contribution in [0.3, 0.4) is 0 Å². The Morgan fingerprint density at radius 1 is 1.61 bits per heavy atom. The van der Waals surface area contributed by atoms with Crippen LogP contribution in [0, 0.1) is 0 Å². The van der Waals surface area contributed by atoms with Crippen LogP contribution >= 0.6 is 0 Å². The lowest BCUT2D eigenvalue weighted by atomic mass is 10.0. The molecule has 1 aromatic heterocycles. The number of aromatic amines is 1. The highest BCUT2D eigenvalue weighted by atomic mass is 16.5. The average Bonchev–Trinajstić information content (AvgIpc) is 3.10. The van der Waals surface area contributed by atoms with E-state index in [1.165, 1.54) is 6.07 Å². The van der Waals surface area contributed by atoms with Crippen LogP contribution in [0.25, 0.3) is 0 Å². The quantitative estimate of drug-likeness (QED) is 0.851. The molecule has 2 N–H and O–H groups in total. The van der Waals surface area contributed by atoms with Gasteiger partial charge in [-0.2, -0.15) is 0 Å². The van der Waals surface area contributed by atoms with Gasteiger partial charge in [0, 0.05) is 25.1 Å². The van der Waals surface area contributed by atoms with Crippen molar-refractivity contribution in [3.63, 3.8) is 0 Å². The Hall–Kier alpha value is -1.36. The van der Waals surface area contributed by atoms with Gasteiger partial charge in [0.1, 0.15) is 11.6 Å². The standard InChI is InChI=1S/C13H19N3O2/c1-13(5-2-6-18-13)8-14-10-7-11(17)16-12(15-10)9-3-4-9/h7,9H,2-6,8H2,1H3,(H2,14,15,16,17). The molecule has 1 saturated heterocycles. The van der Waals surface area contributed by atoms with Crippen LogP contribution < -0.4 is 10.9 Å². The van der Waals surface area contributed by atoms with E-state index in [0.717, 1.165) is 38.1 Å². The van der Waals surface area contributed by atoms with Gasteiger partial charge in [-0.05, 0) is 32.6 Å². The highest BCUT2D eigenvalue weighted by Crippen LogP contribution is 2.37. The molecule has 1 aromatic rings. The first-order chi connectivity index (χ1) is 8.65. The minimum absolute atomic E-state index is 0.0770. The van der Waals surface area contributed by atoms with Crippen LogP contribution in [-0.4, -0.2) is 28.7 Å². The molecule has 1 aliphatic heterocycles. The summed E-state index contributed by atoms with van der Waals surface area (Å²) in [5.41, 5.74) is -0.198. The Balaban J connectivity index is 1.70. The van der Waals surface area contributed by atoms with Gasteiger partial charge in [0.25, 0.3) is 5.56 Å². The molecule has 0 bridgehead atoms. The van der Waals surface area contributed by atoms with Crippen molar-refractivity contribution < 1.29 is 4.74 Å². The molecule has 5 nitrogen and oxygen atoms in total. The highest BCUT2D eigenvalue weighted by Gasteiger charge is 2.30. The van der Waals surface area contributed by atoms with Crippen LogP contribution in [0.15, 0.2) is 10.9 Å². The molecule has 1 unspecified atom stereocenters. The maximum Gasteiger partial charge on any atom is 0.252 e. The number of hydrogen-bond donors (Lipinski definition) is 2. The fourth-order valence-electron chi connectivity index (χ4n) is 2.37. The zero-order valence-corrected chi connectivity index (χ0v) is 10.7. The Kier molecular flexibility index (Phi) is 2.86. The number of H-pyrrole nitrogens is 1. The van der Waals surface area contributed by atoms with Crippen molar-refractivity contribution in [3.05, 3.63) is 22.2 Å². The Bertz CT molecular complexity index is 487. The third kappa shape index (κ3) is 2.56. The summed E-state index contributed by atoms with van der Waals surface area (Å²) in [5, 5.41) is 3.23. The summed E-state index contributed by atoms with van der Waals surface area (Å²) in [7, 11) is 0. The fraction of sp³-hybridized carbons (Fsp3) is 0.692. The lowest BCUT2D eigenvalue weighted by Gasteiger charge is -2.23. The maximum absolute atomic E-state index is 11.6. The summed E-state index contributed by atoms with van der Waals surface area (Å²) in [6.07, 6.45) is 4.42. The van der Waals surface area contributed by atoms with Gasteiger partial charge in [0.2, 0.25) is 0 Å². The van der Waals surface area contributed by atoms with E-state index >= 15 is 0 Å². The van der Waals surface area contributed by atoms with E-state index < -0.39 is 0 Å². The molecule has 0 radical (unpaired) electrons. The topological polar surface area (TPSA) is 67.0 Å². The zero-order chi connectivity index (χ0) is 12.6. The highest BCUT2D eigenvalue weighted by molar-refractivity contribution is 5.34. The summed E-state index contributed by atoms with van der Waals surface area (Å²) in [5.74, 6) is 1.94. The smallest absolute Gasteiger partial charge is 0.252 e. The van der Waals surface area contributed by atoms with E-state index in [0.29, 0.717) is 18.3 Å². The normalized spacial score (nSPS) is 27.4. The molecule has 3 rings (SSSR count). The van der Waals surface area contributed by atoms with Crippen LogP contribution in [0.4, 0.5) is 5.82 Å². The van der Waals surface area contributed by atoms with E-state index in [9.17, 15) is 4.79 Å². The second-order valence-corrected chi connectivity index (χ2v) is 5.55. The first-order valence-corrected chi connectivity index (χ1v) is 6.64. The van der Waals surface area contributed by atoms with Gasteiger partial charge in [0.05, 0.1) is 5.60 Å². The van der Waals surface area contributed by atoms with Crippen molar-refractivity contribution in [2.24, 2.45) is 0 Å². The number of hydrogen-bond acceptors (Lipinski definition) is 4. The minimum atomic E-state index is -0.121. The number of rotatable bonds is 4. The van der Waals surface area contributed by atoms with Crippen molar-refractivity contribution in [2.75, 3.05) is 18.5 Å². The lowest BCUT2D eigenvalue weighted by molar-refractivity contribution is 0.0314. The second-order valence-electron chi connectivity index (χ2n) is 5.55. The van der Waals surface area contributed by atoms with Crippen LogP contribution in [0.1, 0.15) is 44.3 Å². The number of ether oxygens (including phenoxy) is 1. The second kappa shape index (κ2) is 4.39. The molecule has 18 heavy (non-hydrogen) atoms. The molecule has 1 aliphatic carbocycles. The molecule has 98 valence electrons. The summed E-state index contributed by atoms with van der Waals surface area (Å²) < 4.78 is 5.71. The molecular weight excluding hydrogens is 230 g/mol. The first kappa shape index (κ1) is 11.7. The number of anilines is 1. The molecule has 0 aromatic carbocycles. The van der Waals surface area contributed by atoms with E-state index in [1.807, 2.05) is 0 Å². The van der Waals surface area contributed by atoms with Gasteiger partial charge in [-0.25, -0.2) is 4.98 Å². The van der Waals surface area contributed by atoms with Crippen LogP contribution in [0.2, 0.25) is 0 Å². The molecule has 2 aliphatic rings. The van der Waals surface area contributed by atoms with Gasteiger partial charge in [-0.15, -0.1) is 0 Å². The molecule has 0 amide bonds. The van der Waals surface area contributed by atoms with Gasteiger partial charge in [-0.3, -0.25) is 4.79 Å². The summed E-state index contributed by atoms with van der Waals surface area (Å²) in [6, 6.07) is 1.52. The predicted molar refractivity (Wildman–Crippen MR) is 68.9 cm³/mol. The molecule has 1 saturated carbocycles. The number of nitrogens with zero attached hydrogens (tertiary/aromatic N) is 1. The van der Waals surface area contributed by atoms with E-state index in [2.05, 4.69) is 22.2 Å². The van der Waals surface area contributed by atoms with Crippen molar-refractivity contribution in [2.45, 2.75) is 44.1 Å². The van der Waals surface area contributed by atoms with Gasteiger partial charge >= 0.3 is 0 Å².